The molecule has 0 nitrogen and oxygen atoms in total. The minimum absolute atomic E-state index is 0.00731. The van der Waals surface area contributed by atoms with Gasteiger partial charge < -0.3 is 0 Å². The highest BCUT2D eigenvalue weighted by Gasteiger charge is 2.37. The number of benzene rings is 4. The molecule has 0 heterocycles. The Morgan fingerprint density at radius 2 is 1.27 bits per heavy atom. The summed E-state index contributed by atoms with van der Waals surface area (Å²) in [5.41, 5.74) is 9.68. The highest BCUT2D eigenvalue weighted by Crippen LogP contribution is 2.52. The second-order valence-electron chi connectivity index (χ2n) is 7.93. The molecule has 0 radical (unpaired) electrons. The van der Waals surface area contributed by atoms with E-state index in [2.05, 4.69) is 99.6 Å². The summed E-state index contributed by atoms with van der Waals surface area (Å²) in [7, 11) is 0. The van der Waals surface area contributed by atoms with Crippen molar-refractivity contribution in [2.45, 2.75) is 26.2 Å². The van der Waals surface area contributed by atoms with E-state index in [1.807, 2.05) is 0 Å². The molecule has 0 heteroatoms. The van der Waals surface area contributed by atoms with E-state index in [9.17, 15) is 0 Å². The van der Waals surface area contributed by atoms with E-state index in [0.29, 0.717) is 0 Å². The molecule has 26 heavy (non-hydrogen) atoms. The van der Waals surface area contributed by atoms with Gasteiger partial charge in [0.25, 0.3) is 0 Å². The van der Waals surface area contributed by atoms with Gasteiger partial charge in [0.15, 0.2) is 0 Å². The van der Waals surface area contributed by atoms with Crippen LogP contribution in [0.3, 0.4) is 0 Å². The number of rotatable bonds is 1. The van der Waals surface area contributed by atoms with Crippen molar-refractivity contribution in [1.82, 2.24) is 0 Å². The molecule has 126 valence electrons. The van der Waals surface area contributed by atoms with E-state index in [-0.39, 0.29) is 5.41 Å². The minimum Gasteiger partial charge on any atom is -0.0619 e. The van der Waals surface area contributed by atoms with Crippen LogP contribution < -0.4 is 0 Å². The third-order valence-corrected chi connectivity index (χ3v) is 5.88. The van der Waals surface area contributed by atoms with Crippen LogP contribution in [0.4, 0.5) is 0 Å². The molecule has 0 aliphatic heterocycles. The fourth-order valence-corrected chi connectivity index (χ4v) is 4.76. The highest BCUT2D eigenvalue weighted by molar-refractivity contribution is 6.00. The van der Waals surface area contributed by atoms with Crippen LogP contribution in [0.1, 0.15) is 30.5 Å². The summed E-state index contributed by atoms with van der Waals surface area (Å²) < 4.78 is 0. The lowest BCUT2D eigenvalue weighted by Crippen LogP contribution is -2.16. The van der Waals surface area contributed by atoms with Gasteiger partial charge in [-0.1, -0.05) is 92.7 Å². The molecule has 4 aromatic carbocycles. The molecule has 0 atom stereocenters. The van der Waals surface area contributed by atoms with Gasteiger partial charge in [-0.2, -0.15) is 0 Å². The van der Waals surface area contributed by atoms with Gasteiger partial charge in [-0.15, -0.1) is 0 Å². The Morgan fingerprint density at radius 3 is 2.12 bits per heavy atom. The number of fused-ring (bicyclic) bond motifs is 4. The minimum atomic E-state index is 0.00731. The molecule has 0 bridgehead atoms. The third kappa shape index (κ3) is 2.02. The third-order valence-electron chi connectivity index (χ3n) is 5.88. The van der Waals surface area contributed by atoms with E-state index < -0.39 is 0 Å². The molecule has 0 fully saturated rings. The Hall–Kier alpha value is -2.86. The highest BCUT2D eigenvalue weighted by atomic mass is 14.4. The SMILES string of the molecule is Cc1cc(-c2cccc3c2C(C)(C)c2ccccc2-3)c2ccccc2c1. The zero-order chi connectivity index (χ0) is 17.9. The second kappa shape index (κ2) is 5.32. The molecular formula is C26H22. The number of hydrogen-bond acceptors (Lipinski definition) is 0. The molecule has 0 amide bonds. The van der Waals surface area contributed by atoms with Crippen LogP contribution in [0.25, 0.3) is 33.0 Å². The lowest BCUT2D eigenvalue weighted by molar-refractivity contribution is 0.662. The summed E-state index contributed by atoms with van der Waals surface area (Å²) in [5, 5.41) is 2.65. The van der Waals surface area contributed by atoms with Crippen molar-refractivity contribution in [2.75, 3.05) is 0 Å². The second-order valence-corrected chi connectivity index (χ2v) is 7.93. The average molecular weight is 334 g/mol. The van der Waals surface area contributed by atoms with Gasteiger partial charge in [0.2, 0.25) is 0 Å². The first-order chi connectivity index (χ1) is 12.6. The zero-order valence-corrected chi connectivity index (χ0v) is 15.5. The number of aryl methyl sites for hydroxylation is 1. The van der Waals surface area contributed by atoms with Gasteiger partial charge in [-0.05, 0) is 56.6 Å². The monoisotopic (exact) mass is 334 g/mol. The van der Waals surface area contributed by atoms with Gasteiger partial charge in [0.05, 0.1) is 0 Å². The smallest absolute Gasteiger partial charge is 0.0165 e. The predicted molar refractivity (Wildman–Crippen MR) is 112 cm³/mol. The Labute approximate surface area is 155 Å². The van der Waals surface area contributed by atoms with Crippen molar-refractivity contribution in [3.05, 3.63) is 95.6 Å². The lowest BCUT2D eigenvalue weighted by atomic mass is 9.78. The molecule has 5 rings (SSSR count). The van der Waals surface area contributed by atoms with Crippen molar-refractivity contribution in [2.24, 2.45) is 0 Å². The first-order valence-corrected chi connectivity index (χ1v) is 9.30. The predicted octanol–water partition coefficient (Wildman–Crippen LogP) is 7.12. The van der Waals surface area contributed by atoms with Crippen LogP contribution in [0.5, 0.6) is 0 Å². The van der Waals surface area contributed by atoms with Crippen LogP contribution in [-0.4, -0.2) is 0 Å². The van der Waals surface area contributed by atoms with Crippen molar-refractivity contribution < 1.29 is 0 Å². The topological polar surface area (TPSA) is 0 Å². The normalized spacial score (nSPS) is 14.3. The maximum Gasteiger partial charge on any atom is 0.0165 e. The maximum absolute atomic E-state index is 2.36. The van der Waals surface area contributed by atoms with Crippen LogP contribution in [-0.2, 0) is 5.41 Å². The van der Waals surface area contributed by atoms with Crippen LogP contribution in [0.2, 0.25) is 0 Å². The standard InChI is InChI=1S/C26H22/c1-17-15-18-9-4-5-10-19(18)23(16-17)22-13-8-12-21-20-11-6-7-14-24(20)26(2,3)25(21)22/h4-16H,1-3H3. The van der Waals surface area contributed by atoms with E-state index in [4.69, 9.17) is 0 Å². The first-order valence-electron chi connectivity index (χ1n) is 9.30. The molecule has 0 spiro atoms. The summed E-state index contributed by atoms with van der Waals surface area (Å²) in [6.45, 7) is 6.91. The molecule has 4 aromatic rings. The molecule has 1 aliphatic rings. The van der Waals surface area contributed by atoms with Gasteiger partial charge in [-0.25, -0.2) is 0 Å². The summed E-state index contributed by atoms with van der Waals surface area (Å²) in [6.07, 6.45) is 0. The number of hydrogen-bond donors (Lipinski definition) is 0. The largest absolute Gasteiger partial charge is 0.0619 e. The summed E-state index contributed by atoms with van der Waals surface area (Å²) in [5.74, 6) is 0. The molecular weight excluding hydrogens is 312 g/mol. The van der Waals surface area contributed by atoms with E-state index in [1.54, 1.807) is 0 Å². The van der Waals surface area contributed by atoms with Crippen molar-refractivity contribution in [1.29, 1.82) is 0 Å². The van der Waals surface area contributed by atoms with Gasteiger partial charge in [0, 0.05) is 5.41 Å². The van der Waals surface area contributed by atoms with Gasteiger partial charge >= 0.3 is 0 Å². The van der Waals surface area contributed by atoms with Crippen molar-refractivity contribution in [3.8, 4) is 22.3 Å². The van der Waals surface area contributed by atoms with Gasteiger partial charge in [-0.3, -0.25) is 0 Å². The quantitative estimate of drug-likeness (QED) is 0.347. The van der Waals surface area contributed by atoms with E-state index >= 15 is 0 Å². The summed E-state index contributed by atoms with van der Waals surface area (Å²) in [4.78, 5) is 0. The average Bonchev–Trinajstić information content (AvgIpc) is 2.89. The van der Waals surface area contributed by atoms with Crippen molar-refractivity contribution >= 4 is 10.8 Å². The molecule has 1 aliphatic carbocycles. The fraction of sp³-hybridized carbons (Fsp3) is 0.154. The maximum atomic E-state index is 2.36. The Kier molecular flexibility index (Phi) is 3.15. The molecule has 0 unspecified atom stereocenters. The Bertz CT molecular complexity index is 1160. The van der Waals surface area contributed by atoms with Crippen LogP contribution in [0, 0.1) is 6.92 Å². The van der Waals surface area contributed by atoms with E-state index in [0.717, 1.165) is 0 Å². The lowest BCUT2D eigenvalue weighted by Gasteiger charge is -2.25. The zero-order valence-electron chi connectivity index (χ0n) is 15.5. The first kappa shape index (κ1) is 15.4. The van der Waals surface area contributed by atoms with Crippen molar-refractivity contribution in [3.63, 3.8) is 0 Å². The Balaban J connectivity index is 1.89. The summed E-state index contributed by atoms with van der Waals surface area (Å²) in [6, 6.07) is 29.0. The molecule has 0 saturated heterocycles. The molecule has 0 N–H and O–H groups in total. The fourth-order valence-electron chi connectivity index (χ4n) is 4.76. The van der Waals surface area contributed by atoms with Crippen LogP contribution >= 0.6 is 0 Å². The van der Waals surface area contributed by atoms with Crippen LogP contribution in [0.15, 0.2) is 78.9 Å². The Morgan fingerprint density at radius 1 is 0.615 bits per heavy atom. The van der Waals surface area contributed by atoms with E-state index in [1.165, 1.54) is 49.7 Å². The molecule has 0 aromatic heterocycles. The molecule has 0 saturated carbocycles. The summed E-state index contributed by atoms with van der Waals surface area (Å²) >= 11 is 0. The van der Waals surface area contributed by atoms with Gasteiger partial charge in [0.1, 0.15) is 0 Å².